The van der Waals surface area contributed by atoms with Gasteiger partial charge in [0, 0.05) is 13.1 Å². The molecule has 17 heavy (non-hydrogen) atoms. The fourth-order valence-corrected chi connectivity index (χ4v) is 2.77. The van der Waals surface area contributed by atoms with E-state index in [4.69, 9.17) is 23.2 Å². The normalized spacial score (nSPS) is 22.9. The molecule has 2 atom stereocenters. The minimum atomic E-state index is -0.232. The first kappa shape index (κ1) is 13.1. The predicted molar refractivity (Wildman–Crippen MR) is 69.3 cm³/mol. The van der Waals surface area contributed by atoms with Crippen LogP contribution in [0, 0.1) is 5.92 Å². The lowest BCUT2D eigenvalue weighted by molar-refractivity contribution is 0.127. The van der Waals surface area contributed by atoms with Gasteiger partial charge in [-0.1, -0.05) is 23.2 Å². The molecule has 0 amide bonds. The molecule has 1 fully saturated rings. The first-order valence-electron chi connectivity index (χ1n) is 5.77. The Morgan fingerprint density at radius 1 is 1.47 bits per heavy atom. The molecule has 1 saturated heterocycles. The lowest BCUT2D eigenvalue weighted by Gasteiger charge is -2.17. The zero-order valence-electron chi connectivity index (χ0n) is 9.74. The van der Waals surface area contributed by atoms with E-state index >= 15 is 0 Å². The number of likely N-dealkylation sites (tertiary alicyclic amines) is 1. The molecule has 0 aromatic carbocycles. The van der Waals surface area contributed by atoms with E-state index in [2.05, 4.69) is 9.88 Å². The van der Waals surface area contributed by atoms with E-state index in [-0.39, 0.29) is 6.10 Å². The third-order valence-electron chi connectivity index (χ3n) is 3.22. The third kappa shape index (κ3) is 3.55. The maximum Gasteiger partial charge on any atom is 0.131 e. The number of pyridine rings is 1. The molecule has 1 aliphatic rings. The van der Waals surface area contributed by atoms with Gasteiger partial charge in [0.1, 0.15) is 10.3 Å². The van der Waals surface area contributed by atoms with Crippen molar-refractivity contribution in [2.24, 2.45) is 5.92 Å². The Kier molecular flexibility index (Phi) is 4.26. The van der Waals surface area contributed by atoms with Crippen molar-refractivity contribution in [3.8, 4) is 0 Å². The Morgan fingerprint density at radius 2 is 2.12 bits per heavy atom. The van der Waals surface area contributed by atoms with E-state index in [1.165, 1.54) is 0 Å². The highest BCUT2D eigenvalue weighted by atomic mass is 35.5. The standard InChI is InChI=1S/C12H16Cl2N2O/c1-8(17)10-2-3-16(7-10)6-9-4-11(13)15-12(14)5-9/h4-5,8,10,17H,2-3,6-7H2,1H3. The highest BCUT2D eigenvalue weighted by Gasteiger charge is 2.25. The van der Waals surface area contributed by atoms with Gasteiger partial charge >= 0.3 is 0 Å². The molecule has 1 aromatic rings. The van der Waals surface area contributed by atoms with Gasteiger partial charge in [-0.2, -0.15) is 0 Å². The number of nitrogens with zero attached hydrogens (tertiary/aromatic N) is 2. The van der Waals surface area contributed by atoms with Crippen LogP contribution >= 0.6 is 23.2 Å². The van der Waals surface area contributed by atoms with Crippen LogP contribution in [0.15, 0.2) is 12.1 Å². The molecule has 0 radical (unpaired) electrons. The quantitative estimate of drug-likeness (QED) is 0.861. The van der Waals surface area contributed by atoms with E-state index in [9.17, 15) is 5.11 Å². The number of aliphatic hydroxyl groups excluding tert-OH is 1. The number of aromatic nitrogens is 1. The van der Waals surface area contributed by atoms with Crippen molar-refractivity contribution in [1.29, 1.82) is 0 Å². The Balaban J connectivity index is 1.98. The first-order valence-corrected chi connectivity index (χ1v) is 6.52. The van der Waals surface area contributed by atoms with Crippen molar-refractivity contribution in [3.05, 3.63) is 28.0 Å². The molecule has 1 aromatic heterocycles. The average Bonchev–Trinajstić information content (AvgIpc) is 2.64. The van der Waals surface area contributed by atoms with Crippen molar-refractivity contribution in [3.63, 3.8) is 0 Å². The molecular weight excluding hydrogens is 259 g/mol. The summed E-state index contributed by atoms with van der Waals surface area (Å²) in [7, 11) is 0. The summed E-state index contributed by atoms with van der Waals surface area (Å²) in [4.78, 5) is 6.23. The van der Waals surface area contributed by atoms with Crippen LogP contribution in [0.4, 0.5) is 0 Å². The number of hydrogen-bond donors (Lipinski definition) is 1. The Hall–Kier alpha value is -0.350. The number of halogens is 2. The third-order valence-corrected chi connectivity index (χ3v) is 3.61. The minimum absolute atomic E-state index is 0.232. The SMILES string of the molecule is CC(O)C1CCN(Cc2cc(Cl)nc(Cl)c2)C1. The Labute approximate surface area is 111 Å². The van der Waals surface area contributed by atoms with E-state index in [0.717, 1.165) is 31.6 Å². The minimum Gasteiger partial charge on any atom is -0.393 e. The van der Waals surface area contributed by atoms with Crippen molar-refractivity contribution in [2.45, 2.75) is 26.0 Å². The van der Waals surface area contributed by atoms with Crippen LogP contribution in [0.5, 0.6) is 0 Å². The maximum absolute atomic E-state index is 9.55. The smallest absolute Gasteiger partial charge is 0.131 e. The molecule has 0 aliphatic carbocycles. The Morgan fingerprint density at radius 3 is 2.65 bits per heavy atom. The largest absolute Gasteiger partial charge is 0.393 e. The van der Waals surface area contributed by atoms with Gasteiger partial charge in [-0.05, 0) is 43.5 Å². The first-order chi connectivity index (χ1) is 8.04. The van der Waals surface area contributed by atoms with Crippen LogP contribution in [0.1, 0.15) is 18.9 Å². The monoisotopic (exact) mass is 274 g/mol. The fraction of sp³-hybridized carbons (Fsp3) is 0.583. The molecule has 0 bridgehead atoms. The van der Waals surface area contributed by atoms with Crippen molar-refractivity contribution in [1.82, 2.24) is 9.88 Å². The lowest BCUT2D eigenvalue weighted by atomic mass is 10.0. The topological polar surface area (TPSA) is 36.4 Å². The molecule has 1 aliphatic heterocycles. The van der Waals surface area contributed by atoms with Crippen LogP contribution < -0.4 is 0 Å². The van der Waals surface area contributed by atoms with Gasteiger partial charge in [-0.25, -0.2) is 4.98 Å². The zero-order valence-corrected chi connectivity index (χ0v) is 11.2. The maximum atomic E-state index is 9.55. The summed E-state index contributed by atoms with van der Waals surface area (Å²) in [6.07, 6.45) is 0.814. The second-order valence-electron chi connectivity index (χ2n) is 4.65. The lowest BCUT2D eigenvalue weighted by Crippen LogP contribution is -2.24. The van der Waals surface area contributed by atoms with Gasteiger partial charge in [-0.3, -0.25) is 4.90 Å². The second-order valence-corrected chi connectivity index (χ2v) is 5.42. The van der Waals surface area contributed by atoms with E-state index in [0.29, 0.717) is 16.2 Å². The fourth-order valence-electron chi connectivity index (χ4n) is 2.26. The van der Waals surface area contributed by atoms with E-state index in [1.807, 2.05) is 19.1 Å². The van der Waals surface area contributed by atoms with Crippen LogP contribution in [-0.2, 0) is 6.54 Å². The van der Waals surface area contributed by atoms with Crippen molar-refractivity contribution in [2.75, 3.05) is 13.1 Å². The van der Waals surface area contributed by atoms with Gasteiger partial charge in [0.15, 0.2) is 0 Å². The van der Waals surface area contributed by atoms with E-state index in [1.54, 1.807) is 0 Å². The molecular formula is C12H16Cl2N2O. The van der Waals surface area contributed by atoms with Crippen LogP contribution in [0.3, 0.4) is 0 Å². The van der Waals surface area contributed by atoms with Gasteiger partial charge < -0.3 is 5.11 Å². The molecule has 2 unspecified atom stereocenters. The number of hydrogen-bond acceptors (Lipinski definition) is 3. The van der Waals surface area contributed by atoms with E-state index < -0.39 is 0 Å². The van der Waals surface area contributed by atoms with Crippen molar-refractivity contribution >= 4 is 23.2 Å². The highest BCUT2D eigenvalue weighted by molar-refractivity contribution is 6.32. The van der Waals surface area contributed by atoms with Crippen LogP contribution in [0.25, 0.3) is 0 Å². The summed E-state index contributed by atoms with van der Waals surface area (Å²) < 4.78 is 0. The summed E-state index contributed by atoms with van der Waals surface area (Å²) in [5.41, 5.74) is 1.07. The highest BCUT2D eigenvalue weighted by Crippen LogP contribution is 2.23. The summed E-state index contributed by atoms with van der Waals surface area (Å²) >= 11 is 11.7. The molecule has 94 valence electrons. The predicted octanol–water partition coefficient (Wildman–Crippen LogP) is 2.59. The summed E-state index contributed by atoms with van der Waals surface area (Å²) in [5.74, 6) is 0.378. The molecule has 0 saturated carbocycles. The summed E-state index contributed by atoms with van der Waals surface area (Å²) in [6.45, 7) is 4.60. The molecule has 0 spiro atoms. The molecule has 5 heteroatoms. The zero-order chi connectivity index (χ0) is 12.4. The molecule has 1 N–H and O–H groups in total. The molecule has 3 nitrogen and oxygen atoms in total. The van der Waals surface area contributed by atoms with Gasteiger partial charge in [0.05, 0.1) is 6.10 Å². The number of aliphatic hydroxyl groups is 1. The van der Waals surface area contributed by atoms with Gasteiger partial charge in [0.2, 0.25) is 0 Å². The molecule has 2 rings (SSSR count). The Bertz CT molecular complexity index is 378. The number of rotatable bonds is 3. The van der Waals surface area contributed by atoms with Gasteiger partial charge in [-0.15, -0.1) is 0 Å². The average molecular weight is 275 g/mol. The molecule has 2 heterocycles. The summed E-state index contributed by atoms with van der Waals surface area (Å²) in [5, 5.41) is 10.4. The van der Waals surface area contributed by atoms with Gasteiger partial charge in [0.25, 0.3) is 0 Å². The van der Waals surface area contributed by atoms with Crippen LogP contribution in [-0.4, -0.2) is 34.2 Å². The van der Waals surface area contributed by atoms with Crippen molar-refractivity contribution < 1.29 is 5.11 Å². The van der Waals surface area contributed by atoms with Crippen LogP contribution in [0.2, 0.25) is 10.3 Å². The second kappa shape index (κ2) is 5.53. The summed E-state index contributed by atoms with van der Waals surface area (Å²) in [6, 6.07) is 3.67.